The van der Waals surface area contributed by atoms with Crippen LogP contribution in [0, 0.1) is 10.5 Å². The molecule has 0 spiro atoms. The van der Waals surface area contributed by atoms with Gasteiger partial charge in [0.2, 0.25) is 0 Å². The lowest BCUT2D eigenvalue weighted by Crippen LogP contribution is -2.28. The minimum atomic E-state index is 0.0896. The fourth-order valence-electron chi connectivity index (χ4n) is 1.64. The molecule has 0 amide bonds. The van der Waals surface area contributed by atoms with Crippen molar-refractivity contribution in [3.63, 3.8) is 0 Å². The molecule has 4 heteroatoms. The third-order valence-corrected chi connectivity index (χ3v) is 4.48. The summed E-state index contributed by atoms with van der Waals surface area (Å²) >= 11 is 4.12. The van der Waals surface area contributed by atoms with Crippen LogP contribution in [0.25, 0.3) is 0 Å². The summed E-state index contributed by atoms with van der Waals surface area (Å²) in [7, 11) is 0. The van der Waals surface area contributed by atoms with Crippen molar-refractivity contribution in [3.05, 3.63) is 55.3 Å². The number of hydrazine groups is 1. The first-order chi connectivity index (χ1) is 7.72. The van der Waals surface area contributed by atoms with Gasteiger partial charge in [0.1, 0.15) is 0 Å². The van der Waals surface area contributed by atoms with Gasteiger partial charge in [0, 0.05) is 13.3 Å². The molecule has 0 saturated carbocycles. The number of rotatable bonds is 3. The van der Waals surface area contributed by atoms with E-state index in [1.807, 2.05) is 12.1 Å². The van der Waals surface area contributed by atoms with Crippen molar-refractivity contribution in [3.8, 4) is 0 Å². The molecule has 1 heterocycles. The average molecular weight is 344 g/mol. The Balaban J connectivity index is 2.40. The van der Waals surface area contributed by atoms with Crippen LogP contribution in [0.5, 0.6) is 0 Å². The summed E-state index contributed by atoms with van der Waals surface area (Å²) in [5.74, 6) is 5.67. The monoisotopic (exact) mass is 344 g/mol. The maximum Gasteiger partial charge on any atom is 0.0812 e. The van der Waals surface area contributed by atoms with E-state index in [0.29, 0.717) is 0 Å². The van der Waals surface area contributed by atoms with E-state index in [1.165, 1.54) is 18.9 Å². The number of halogens is 1. The van der Waals surface area contributed by atoms with Gasteiger partial charge in [0.25, 0.3) is 0 Å². The highest BCUT2D eigenvalue weighted by Gasteiger charge is 2.16. The highest BCUT2D eigenvalue weighted by molar-refractivity contribution is 14.1. The molecule has 1 atom stereocenters. The van der Waals surface area contributed by atoms with Crippen molar-refractivity contribution in [1.82, 2.24) is 5.43 Å². The van der Waals surface area contributed by atoms with Crippen LogP contribution in [0.4, 0.5) is 0 Å². The van der Waals surface area contributed by atoms with Crippen LogP contribution >= 0.6 is 33.9 Å². The predicted molar refractivity (Wildman–Crippen MR) is 77.4 cm³/mol. The van der Waals surface area contributed by atoms with E-state index in [9.17, 15) is 0 Å². The van der Waals surface area contributed by atoms with Crippen LogP contribution < -0.4 is 11.3 Å². The number of nitrogens with two attached hydrogens (primary N) is 1. The molecule has 2 nitrogen and oxygen atoms in total. The Hall–Kier alpha value is -0.430. The lowest BCUT2D eigenvalue weighted by molar-refractivity contribution is 0.644. The Morgan fingerprint density at radius 2 is 2.00 bits per heavy atom. The topological polar surface area (TPSA) is 38.0 Å². The fourth-order valence-corrected chi connectivity index (χ4v) is 3.30. The lowest BCUT2D eigenvalue weighted by Gasteiger charge is -2.16. The average Bonchev–Trinajstić information content (AvgIpc) is 2.69. The van der Waals surface area contributed by atoms with E-state index >= 15 is 0 Å². The van der Waals surface area contributed by atoms with Gasteiger partial charge < -0.3 is 0 Å². The zero-order valence-electron chi connectivity index (χ0n) is 8.91. The maximum absolute atomic E-state index is 5.67. The summed E-state index contributed by atoms with van der Waals surface area (Å²) in [5, 5.41) is 0. The summed E-state index contributed by atoms with van der Waals surface area (Å²) in [6.07, 6.45) is 0. The standard InChI is InChI=1S/C12H13IN2S/c1-8-6-7-11(16-8)12(15-14)9-4-2-3-5-10(9)13/h2-7,12,15H,14H2,1H3. The molecular formula is C12H13IN2S. The molecule has 0 aliphatic heterocycles. The Kier molecular flexibility index (Phi) is 3.96. The number of thiophene rings is 1. The van der Waals surface area contributed by atoms with Crippen LogP contribution in [0.15, 0.2) is 36.4 Å². The molecule has 1 unspecified atom stereocenters. The molecule has 0 fully saturated rings. The molecule has 0 bridgehead atoms. The Morgan fingerprint density at radius 3 is 2.56 bits per heavy atom. The maximum atomic E-state index is 5.67. The summed E-state index contributed by atoms with van der Waals surface area (Å²) in [6.45, 7) is 2.11. The first kappa shape index (κ1) is 12.0. The highest BCUT2D eigenvalue weighted by atomic mass is 127. The molecule has 0 saturated heterocycles. The predicted octanol–water partition coefficient (Wildman–Crippen LogP) is 3.21. The third kappa shape index (κ3) is 2.45. The van der Waals surface area contributed by atoms with E-state index in [-0.39, 0.29) is 6.04 Å². The van der Waals surface area contributed by atoms with E-state index in [0.717, 1.165) is 0 Å². The second kappa shape index (κ2) is 5.27. The zero-order valence-corrected chi connectivity index (χ0v) is 11.9. The van der Waals surface area contributed by atoms with Crippen LogP contribution in [-0.4, -0.2) is 0 Å². The zero-order chi connectivity index (χ0) is 11.5. The van der Waals surface area contributed by atoms with Crippen LogP contribution in [-0.2, 0) is 0 Å². The normalized spacial score (nSPS) is 12.7. The van der Waals surface area contributed by atoms with Crippen molar-refractivity contribution >= 4 is 33.9 Å². The molecule has 3 N–H and O–H groups in total. The van der Waals surface area contributed by atoms with Crippen molar-refractivity contribution in [2.24, 2.45) is 5.84 Å². The van der Waals surface area contributed by atoms with E-state index in [4.69, 9.17) is 5.84 Å². The van der Waals surface area contributed by atoms with Gasteiger partial charge in [-0.1, -0.05) is 18.2 Å². The minimum Gasteiger partial charge on any atom is -0.271 e. The molecule has 2 rings (SSSR count). The lowest BCUT2D eigenvalue weighted by atomic mass is 10.1. The number of hydrogen-bond donors (Lipinski definition) is 2. The number of hydrogen-bond acceptors (Lipinski definition) is 3. The van der Waals surface area contributed by atoms with Crippen molar-refractivity contribution in [2.75, 3.05) is 0 Å². The SMILES string of the molecule is Cc1ccc(C(NN)c2ccccc2I)s1. The Bertz CT molecular complexity index is 481. The molecule has 0 aliphatic carbocycles. The summed E-state index contributed by atoms with van der Waals surface area (Å²) in [6, 6.07) is 12.6. The largest absolute Gasteiger partial charge is 0.271 e. The number of benzene rings is 1. The summed E-state index contributed by atoms with van der Waals surface area (Å²) in [4.78, 5) is 2.56. The second-order valence-electron chi connectivity index (χ2n) is 3.57. The van der Waals surface area contributed by atoms with Gasteiger partial charge >= 0.3 is 0 Å². The molecule has 2 aromatic rings. The molecule has 0 aliphatic rings. The van der Waals surface area contributed by atoms with Gasteiger partial charge in [-0.15, -0.1) is 11.3 Å². The quantitative estimate of drug-likeness (QED) is 0.510. The minimum absolute atomic E-state index is 0.0896. The van der Waals surface area contributed by atoms with Gasteiger partial charge in [0.05, 0.1) is 6.04 Å². The van der Waals surface area contributed by atoms with Crippen LogP contribution in [0.1, 0.15) is 21.4 Å². The molecule has 16 heavy (non-hydrogen) atoms. The Morgan fingerprint density at radius 1 is 1.25 bits per heavy atom. The summed E-state index contributed by atoms with van der Waals surface area (Å²) < 4.78 is 1.23. The van der Waals surface area contributed by atoms with Crippen LogP contribution in [0.3, 0.4) is 0 Å². The Labute approximate surface area is 113 Å². The fraction of sp³-hybridized carbons (Fsp3) is 0.167. The van der Waals surface area contributed by atoms with Gasteiger partial charge in [-0.25, -0.2) is 5.43 Å². The molecule has 0 radical (unpaired) electrons. The molecule has 84 valence electrons. The molecule has 1 aromatic carbocycles. The van der Waals surface area contributed by atoms with Gasteiger partial charge in [0.15, 0.2) is 0 Å². The van der Waals surface area contributed by atoms with E-state index in [1.54, 1.807) is 11.3 Å². The van der Waals surface area contributed by atoms with E-state index < -0.39 is 0 Å². The first-order valence-corrected chi connectivity index (χ1v) is 6.89. The van der Waals surface area contributed by atoms with Crippen molar-refractivity contribution < 1.29 is 0 Å². The van der Waals surface area contributed by atoms with Gasteiger partial charge in [-0.05, 0) is 53.3 Å². The third-order valence-electron chi connectivity index (χ3n) is 2.43. The molecule has 1 aromatic heterocycles. The number of aryl methyl sites for hydroxylation is 1. The van der Waals surface area contributed by atoms with E-state index in [2.05, 4.69) is 59.2 Å². The van der Waals surface area contributed by atoms with Crippen molar-refractivity contribution in [2.45, 2.75) is 13.0 Å². The van der Waals surface area contributed by atoms with Gasteiger partial charge in [-0.2, -0.15) is 0 Å². The smallest absolute Gasteiger partial charge is 0.0812 e. The van der Waals surface area contributed by atoms with Crippen LogP contribution in [0.2, 0.25) is 0 Å². The second-order valence-corrected chi connectivity index (χ2v) is 6.05. The number of nitrogens with one attached hydrogen (secondary N) is 1. The van der Waals surface area contributed by atoms with Crippen molar-refractivity contribution in [1.29, 1.82) is 0 Å². The first-order valence-electron chi connectivity index (χ1n) is 4.99. The highest BCUT2D eigenvalue weighted by Crippen LogP contribution is 2.30. The molecular weight excluding hydrogens is 331 g/mol. The van der Waals surface area contributed by atoms with Gasteiger partial charge in [-0.3, -0.25) is 5.84 Å². The summed E-state index contributed by atoms with van der Waals surface area (Å²) in [5.41, 5.74) is 4.12.